The predicted molar refractivity (Wildman–Crippen MR) is 66.4 cm³/mol. The summed E-state index contributed by atoms with van der Waals surface area (Å²) in [6.07, 6.45) is 5.09. The lowest BCUT2D eigenvalue weighted by atomic mass is 10.2. The Balaban J connectivity index is 3.08. The molecule has 0 fully saturated rings. The highest BCUT2D eigenvalue weighted by Gasteiger charge is 2.14. The quantitative estimate of drug-likeness (QED) is 0.646. The lowest BCUT2D eigenvalue weighted by Crippen LogP contribution is -2.09. The highest BCUT2D eigenvalue weighted by molar-refractivity contribution is 5.94. The van der Waals surface area contributed by atoms with Crippen molar-refractivity contribution in [3.05, 3.63) is 23.8 Å². The molecule has 5 heteroatoms. The maximum Gasteiger partial charge on any atom is 0.341 e. The molecule has 94 valence electrons. The minimum atomic E-state index is -0.531. The maximum atomic E-state index is 11.5. The van der Waals surface area contributed by atoms with Gasteiger partial charge in [-0.2, -0.15) is 0 Å². The summed E-state index contributed by atoms with van der Waals surface area (Å²) in [5.74, 6) is 1.82. The van der Waals surface area contributed by atoms with Gasteiger partial charge in [-0.05, 0) is 12.1 Å². The summed E-state index contributed by atoms with van der Waals surface area (Å²) in [5, 5.41) is 2.58. The van der Waals surface area contributed by atoms with Crippen molar-refractivity contribution >= 4 is 17.6 Å². The van der Waals surface area contributed by atoms with Crippen molar-refractivity contribution in [2.45, 2.75) is 6.92 Å². The lowest BCUT2D eigenvalue weighted by Gasteiger charge is -2.10. The molecule has 0 saturated carbocycles. The third-order valence-electron chi connectivity index (χ3n) is 2.02. The molecular weight excluding hydrogens is 234 g/mol. The molecule has 0 atom stereocenters. The van der Waals surface area contributed by atoms with Crippen molar-refractivity contribution in [3.8, 4) is 18.1 Å². The fourth-order valence-electron chi connectivity index (χ4n) is 1.32. The lowest BCUT2D eigenvalue weighted by molar-refractivity contribution is -0.114. The van der Waals surface area contributed by atoms with Crippen LogP contribution in [0.2, 0.25) is 0 Å². The summed E-state index contributed by atoms with van der Waals surface area (Å²) < 4.78 is 9.86. The van der Waals surface area contributed by atoms with Gasteiger partial charge in [-0.1, -0.05) is 5.92 Å². The Hall–Kier alpha value is -2.48. The van der Waals surface area contributed by atoms with Crippen LogP contribution in [-0.2, 0) is 9.53 Å². The van der Waals surface area contributed by atoms with Crippen LogP contribution < -0.4 is 10.1 Å². The number of carbonyl (C=O) groups is 2. The Morgan fingerprint density at radius 1 is 1.44 bits per heavy atom. The number of rotatable bonds is 4. The van der Waals surface area contributed by atoms with Crippen LogP contribution in [0.4, 0.5) is 5.69 Å². The van der Waals surface area contributed by atoms with Crippen LogP contribution in [0.1, 0.15) is 17.3 Å². The van der Waals surface area contributed by atoms with Gasteiger partial charge in [0.25, 0.3) is 0 Å². The summed E-state index contributed by atoms with van der Waals surface area (Å²) in [5.41, 5.74) is 0.768. The van der Waals surface area contributed by atoms with Gasteiger partial charge < -0.3 is 14.8 Å². The van der Waals surface area contributed by atoms with E-state index in [1.807, 2.05) is 0 Å². The van der Waals surface area contributed by atoms with Gasteiger partial charge in [-0.25, -0.2) is 4.79 Å². The van der Waals surface area contributed by atoms with Gasteiger partial charge in [0.15, 0.2) is 0 Å². The molecule has 0 spiro atoms. The van der Waals surface area contributed by atoms with Gasteiger partial charge in [-0.15, -0.1) is 6.42 Å². The van der Waals surface area contributed by atoms with Crippen molar-refractivity contribution in [2.75, 3.05) is 19.0 Å². The topological polar surface area (TPSA) is 64.6 Å². The van der Waals surface area contributed by atoms with Gasteiger partial charge in [0.05, 0.1) is 7.11 Å². The maximum absolute atomic E-state index is 11.5. The average molecular weight is 247 g/mol. The first kappa shape index (κ1) is 13.6. The second kappa shape index (κ2) is 6.30. The van der Waals surface area contributed by atoms with Gasteiger partial charge in [-0.3, -0.25) is 4.79 Å². The standard InChI is InChI=1S/C13H13NO4/c1-4-7-18-12-8-10(14-9(2)15)5-6-11(12)13(16)17-3/h1,5-6,8H,7H2,2-3H3,(H,14,15). The Labute approximate surface area is 105 Å². The number of esters is 1. The molecule has 1 aromatic rings. The number of anilines is 1. The second-order valence-corrected chi connectivity index (χ2v) is 3.38. The Morgan fingerprint density at radius 3 is 2.72 bits per heavy atom. The Morgan fingerprint density at radius 2 is 2.17 bits per heavy atom. The first-order valence-corrected chi connectivity index (χ1v) is 5.14. The molecule has 0 bridgehead atoms. The fourth-order valence-corrected chi connectivity index (χ4v) is 1.32. The summed E-state index contributed by atoms with van der Waals surface area (Å²) in [4.78, 5) is 22.4. The van der Waals surface area contributed by atoms with Crippen molar-refractivity contribution in [2.24, 2.45) is 0 Å². The molecular formula is C13H13NO4. The van der Waals surface area contributed by atoms with E-state index < -0.39 is 5.97 Å². The predicted octanol–water partition coefficient (Wildman–Crippen LogP) is 1.44. The fraction of sp³-hybridized carbons (Fsp3) is 0.231. The molecule has 1 amide bonds. The molecule has 0 heterocycles. The first-order valence-electron chi connectivity index (χ1n) is 5.14. The summed E-state index contributed by atoms with van der Waals surface area (Å²) >= 11 is 0. The number of terminal acetylenes is 1. The van der Waals surface area contributed by atoms with E-state index in [0.717, 1.165) is 0 Å². The molecule has 0 aromatic heterocycles. The number of hydrogen-bond acceptors (Lipinski definition) is 4. The van der Waals surface area contributed by atoms with Gasteiger partial charge in [0, 0.05) is 18.7 Å². The number of nitrogens with one attached hydrogen (secondary N) is 1. The number of benzene rings is 1. The molecule has 1 rings (SSSR count). The highest BCUT2D eigenvalue weighted by atomic mass is 16.5. The third-order valence-corrected chi connectivity index (χ3v) is 2.02. The van der Waals surface area contributed by atoms with Crippen molar-refractivity contribution in [3.63, 3.8) is 0 Å². The minimum absolute atomic E-state index is 0.0213. The highest BCUT2D eigenvalue weighted by Crippen LogP contribution is 2.24. The van der Waals surface area contributed by atoms with E-state index in [0.29, 0.717) is 5.69 Å². The van der Waals surface area contributed by atoms with Gasteiger partial charge in [0.2, 0.25) is 5.91 Å². The van der Waals surface area contributed by atoms with Crippen molar-refractivity contribution in [1.29, 1.82) is 0 Å². The molecule has 1 aromatic carbocycles. The van der Waals surface area contributed by atoms with Crippen LogP contribution in [0, 0.1) is 12.3 Å². The Bertz CT molecular complexity index is 502. The first-order chi connectivity index (χ1) is 8.58. The van der Waals surface area contributed by atoms with Crippen molar-refractivity contribution in [1.82, 2.24) is 0 Å². The van der Waals surface area contributed by atoms with E-state index in [1.165, 1.54) is 26.2 Å². The summed E-state index contributed by atoms with van der Waals surface area (Å²) in [6.45, 7) is 1.41. The minimum Gasteiger partial charge on any atom is -0.480 e. The monoisotopic (exact) mass is 247 g/mol. The average Bonchev–Trinajstić information content (AvgIpc) is 2.35. The molecule has 0 radical (unpaired) electrons. The van der Waals surface area contributed by atoms with E-state index in [4.69, 9.17) is 11.2 Å². The van der Waals surface area contributed by atoms with Gasteiger partial charge >= 0.3 is 5.97 Å². The van der Waals surface area contributed by atoms with E-state index in [9.17, 15) is 9.59 Å². The van der Waals surface area contributed by atoms with E-state index >= 15 is 0 Å². The second-order valence-electron chi connectivity index (χ2n) is 3.38. The van der Waals surface area contributed by atoms with Crippen LogP contribution in [0.25, 0.3) is 0 Å². The van der Waals surface area contributed by atoms with Gasteiger partial charge in [0.1, 0.15) is 17.9 Å². The van der Waals surface area contributed by atoms with Crippen LogP contribution in [-0.4, -0.2) is 25.6 Å². The molecule has 0 aliphatic rings. The number of ether oxygens (including phenoxy) is 2. The SMILES string of the molecule is C#CCOc1cc(NC(C)=O)ccc1C(=O)OC. The van der Waals surface area contributed by atoms with Crippen LogP contribution >= 0.6 is 0 Å². The number of amides is 1. The third kappa shape index (κ3) is 3.52. The summed E-state index contributed by atoms with van der Waals surface area (Å²) in [7, 11) is 1.27. The summed E-state index contributed by atoms with van der Waals surface area (Å²) in [6, 6.07) is 4.60. The van der Waals surface area contributed by atoms with E-state index in [2.05, 4.69) is 16.0 Å². The molecule has 5 nitrogen and oxygen atoms in total. The zero-order chi connectivity index (χ0) is 13.5. The smallest absolute Gasteiger partial charge is 0.341 e. The molecule has 0 aliphatic carbocycles. The number of carbonyl (C=O) groups excluding carboxylic acids is 2. The number of hydrogen-bond donors (Lipinski definition) is 1. The van der Waals surface area contributed by atoms with E-state index in [1.54, 1.807) is 6.07 Å². The Kier molecular flexibility index (Phi) is 4.76. The largest absolute Gasteiger partial charge is 0.480 e. The molecule has 1 N–H and O–H groups in total. The van der Waals surface area contributed by atoms with Crippen molar-refractivity contribution < 1.29 is 19.1 Å². The van der Waals surface area contributed by atoms with Crippen LogP contribution in [0.3, 0.4) is 0 Å². The van der Waals surface area contributed by atoms with Crippen LogP contribution in [0.15, 0.2) is 18.2 Å². The normalized spacial score (nSPS) is 9.17. The van der Waals surface area contributed by atoms with Crippen LogP contribution in [0.5, 0.6) is 5.75 Å². The molecule has 0 unspecified atom stereocenters. The molecule has 0 saturated heterocycles. The molecule has 0 aliphatic heterocycles. The van der Waals surface area contributed by atoms with E-state index in [-0.39, 0.29) is 23.8 Å². The number of methoxy groups -OCH3 is 1. The zero-order valence-corrected chi connectivity index (χ0v) is 10.1. The zero-order valence-electron chi connectivity index (χ0n) is 10.1. The molecule has 18 heavy (non-hydrogen) atoms.